The van der Waals surface area contributed by atoms with Crippen LogP contribution in [-0.2, 0) is 9.59 Å². The second kappa shape index (κ2) is 3.93. The van der Waals surface area contributed by atoms with Crippen LogP contribution >= 0.6 is 0 Å². The van der Waals surface area contributed by atoms with Crippen LogP contribution in [0.2, 0.25) is 0 Å². The van der Waals surface area contributed by atoms with Gasteiger partial charge in [0.2, 0.25) is 0 Å². The van der Waals surface area contributed by atoms with E-state index in [9.17, 15) is 9.59 Å². The summed E-state index contributed by atoms with van der Waals surface area (Å²) in [7, 11) is 0. The van der Waals surface area contributed by atoms with Crippen molar-refractivity contribution in [1.29, 1.82) is 0 Å². The van der Waals surface area contributed by atoms with Gasteiger partial charge < -0.3 is 5.11 Å². The van der Waals surface area contributed by atoms with Gasteiger partial charge in [-0.3, -0.25) is 9.59 Å². The average molecular weight is 216 g/mol. The molecule has 3 heteroatoms. The predicted molar refractivity (Wildman–Crippen MR) is 59.8 cm³/mol. The molecule has 0 aromatic heterocycles. The first-order valence-corrected chi connectivity index (χ1v) is 5.12. The summed E-state index contributed by atoms with van der Waals surface area (Å²) in [5.41, 5.74) is -0.0186. The third-order valence-electron chi connectivity index (χ3n) is 2.85. The van der Waals surface area contributed by atoms with Crippen molar-refractivity contribution in [3.8, 4) is 0 Å². The zero-order valence-electron chi connectivity index (χ0n) is 8.72. The molecule has 0 saturated heterocycles. The SMILES string of the molecule is O=C1CC(/C=C/c2ccccc2)(C(=O)O)C1. The van der Waals surface area contributed by atoms with E-state index in [-0.39, 0.29) is 18.6 Å². The summed E-state index contributed by atoms with van der Waals surface area (Å²) >= 11 is 0. The highest BCUT2D eigenvalue weighted by Crippen LogP contribution is 2.40. The molecule has 82 valence electrons. The quantitative estimate of drug-likeness (QED) is 0.842. The van der Waals surface area contributed by atoms with Crippen LogP contribution in [0.15, 0.2) is 36.4 Å². The summed E-state index contributed by atoms with van der Waals surface area (Å²) in [6.45, 7) is 0. The van der Waals surface area contributed by atoms with E-state index in [1.165, 1.54) is 0 Å². The number of carboxylic acids is 1. The number of Topliss-reactive ketones (excluding diaryl/α,β-unsaturated/α-hetero) is 1. The second-order valence-corrected chi connectivity index (χ2v) is 4.10. The van der Waals surface area contributed by atoms with Gasteiger partial charge >= 0.3 is 5.97 Å². The smallest absolute Gasteiger partial charge is 0.314 e. The minimum Gasteiger partial charge on any atom is -0.481 e. The van der Waals surface area contributed by atoms with E-state index in [1.54, 1.807) is 12.2 Å². The second-order valence-electron chi connectivity index (χ2n) is 4.10. The molecule has 0 aliphatic heterocycles. The standard InChI is InChI=1S/C13H12O3/c14-11-8-13(9-11,12(15)16)7-6-10-4-2-1-3-5-10/h1-7H,8-9H2,(H,15,16)/b7-6+. The van der Waals surface area contributed by atoms with Crippen LogP contribution in [0.4, 0.5) is 0 Å². The lowest BCUT2D eigenvalue weighted by atomic mass is 9.67. The maximum Gasteiger partial charge on any atom is 0.314 e. The Morgan fingerprint density at radius 3 is 2.38 bits per heavy atom. The van der Waals surface area contributed by atoms with E-state index >= 15 is 0 Å². The molecule has 0 radical (unpaired) electrons. The Morgan fingerprint density at radius 2 is 1.88 bits per heavy atom. The normalized spacial score (nSPS) is 18.4. The zero-order valence-corrected chi connectivity index (χ0v) is 8.72. The number of hydrogen-bond acceptors (Lipinski definition) is 2. The van der Waals surface area contributed by atoms with Gasteiger partial charge in [0.1, 0.15) is 5.78 Å². The number of benzene rings is 1. The molecule has 1 fully saturated rings. The molecule has 1 N–H and O–H groups in total. The van der Waals surface area contributed by atoms with E-state index in [0.717, 1.165) is 5.56 Å². The average Bonchev–Trinajstić information content (AvgIpc) is 2.23. The summed E-state index contributed by atoms with van der Waals surface area (Å²) in [5.74, 6) is -0.903. The minimum absolute atomic E-state index is 0.0140. The molecule has 16 heavy (non-hydrogen) atoms. The fraction of sp³-hybridized carbons (Fsp3) is 0.231. The van der Waals surface area contributed by atoms with Crippen LogP contribution < -0.4 is 0 Å². The van der Waals surface area contributed by atoms with Gasteiger partial charge in [-0.05, 0) is 5.56 Å². The van der Waals surface area contributed by atoms with Gasteiger partial charge in [0, 0.05) is 12.8 Å². The van der Waals surface area contributed by atoms with Crippen molar-refractivity contribution in [3.63, 3.8) is 0 Å². The first-order valence-electron chi connectivity index (χ1n) is 5.12. The number of hydrogen-bond donors (Lipinski definition) is 1. The maximum absolute atomic E-state index is 11.1. The van der Waals surface area contributed by atoms with Crippen molar-refractivity contribution >= 4 is 17.8 Å². The van der Waals surface area contributed by atoms with Crippen LogP contribution in [-0.4, -0.2) is 16.9 Å². The van der Waals surface area contributed by atoms with Crippen LogP contribution in [0.3, 0.4) is 0 Å². The number of ketones is 1. The Hall–Kier alpha value is -1.90. The summed E-state index contributed by atoms with van der Waals surface area (Å²) in [5, 5.41) is 9.08. The number of aliphatic carboxylic acids is 1. The molecule has 1 aliphatic rings. The van der Waals surface area contributed by atoms with E-state index in [4.69, 9.17) is 5.11 Å². The number of carbonyl (C=O) groups excluding carboxylic acids is 1. The molecule has 1 aliphatic carbocycles. The first kappa shape index (κ1) is 10.6. The lowest BCUT2D eigenvalue weighted by Gasteiger charge is -2.33. The number of carbonyl (C=O) groups is 2. The van der Waals surface area contributed by atoms with Crippen molar-refractivity contribution < 1.29 is 14.7 Å². The van der Waals surface area contributed by atoms with Crippen molar-refractivity contribution in [2.45, 2.75) is 12.8 Å². The first-order chi connectivity index (χ1) is 7.62. The molecule has 0 atom stereocenters. The van der Waals surface area contributed by atoms with Gasteiger partial charge in [0.05, 0.1) is 5.41 Å². The highest BCUT2D eigenvalue weighted by atomic mass is 16.4. The molecule has 2 rings (SSSR count). The Kier molecular flexibility index (Phi) is 2.60. The summed E-state index contributed by atoms with van der Waals surface area (Å²) in [6, 6.07) is 9.47. The molecule has 0 heterocycles. The fourth-order valence-corrected chi connectivity index (χ4v) is 1.81. The van der Waals surface area contributed by atoms with Crippen LogP contribution in [0.1, 0.15) is 18.4 Å². The Morgan fingerprint density at radius 1 is 1.25 bits per heavy atom. The predicted octanol–water partition coefficient (Wildman–Crippen LogP) is 2.13. The Labute approximate surface area is 93.4 Å². The highest BCUT2D eigenvalue weighted by Gasteiger charge is 2.47. The minimum atomic E-state index is -0.965. The third kappa shape index (κ3) is 1.89. The van der Waals surface area contributed by atoms with Gasteiger partial charge in [0.15, 0.2) is 0 Å². The number of carboxylic acid groups (broad SMARTS) is 1. The summed E-state index contributed by atoms with van der Waals surface area (Å²) in [6.07, 6.45) is 3.63. The van der Waals surface area contributed by atoms with Crippen molar-refractivity contribution in [3.05, 3.63) is 42.0 Å². The highest BCUT2D eigenvalue weighted by molar-refractivity contribution is 5.99. The molecule has 0 amide bonds. The molecule has 1 saturated carbocycles. The van der Waals surface area contributed by atoms with Gasteiger partial charge in [-0.15, -0.1) is 0 Å². The van der Waals surface area contributed by atoms with Gasteiger partial charge in [-0.25, -0.2) is 0 Å². The van der Waals surface area contributed by atoms with E-state index in [2.05, 4.69) is 0 Å². The lowest BCUT2D eigenvalue weighted by Crippen LogP contribution is -2.42. The monoisotopic (exact) mass is 216 g/mol. The third-order valence-corrected chi connectivity index (χ3v) is 2.85. The summed E-state index contributed by atoms with van der Waals surface area (Å²) in [4.78, 5) is 22.0. The van der Waals surface area contributed by atoms with Gasteiger partial charge in [-0.1, -0.05) is 42.5 Å². The molecule has 0 spiro atoms. The van der Waals surface area contributed by atoms with E-state index in [1.807, 2.05) is 30.3 Å². The van der Waals surface area contributed by atoms with Crippen LogP contribution in [0.25, 0.3) is 6.08 Å². The topological polar surface area (TPSA) is 54.4 Å². The Bertz CT molecular complexity index is 438. The molecule has 0 unspecified atom stereocenters. The molecular formula is C13H12O3. The van der Waals surface area contributed by atoms with E-state index in [0.29, 0.717) is 0 Å². The van der Waals surface area contributed by atoms with Crippen LogP contribution in [0.5, 0.6) is 0 Å². The summed E-state index contributed by atoms with van der Waals surface area (Å²) < 4.78 is 0. The zero-order chi connectivity index (χ0) is 11.6. The molecule has 0 bridgehead atoms. The van der Waals surface area contributed by atoms with Crippen LogP contribution in [0, 0.1) is 5.41 Å². The van der Waals surface area contributed by atoms with Crippen molar-refractivity contribution in [2.75, 3.05) is 0 Å². The van der Waals surface area contributed by atoms with Crippen molar-refractivity contribution in [2.24, 2.45) is 5.41 Å². The lowest BCUT2D eigenvalue weighted by molar-refractivity contribution is -0.156. The van der Waals surface area contributed by atoms with Crippen molar-refractivity contribution in [1.82, 2.24) is 0 Å². The maximum atomic E-state index is 11.1. The Balaban J connectivity index is 2.17. The van der Waals surface area contributed by atoms with E-state index < -0.39 is 11.4 Å². The molecular weight excluding hydrogens is 204 g/mol. The molecule has 3 nitrogen and oxygen atoms in total. The molecule has 1 aromatic rings. The van der Waals surface area contributed by atoms with Gasteiger partial charge in [-0.2, -0.15) is 0 Å². The number of rotatable bonds is 3. The largest absolute Gasteiger partial charge is 0.481 e. The molecule has 1 aromatic carbocycles. The van der Waals surface area contributed by atoms with Gasteiger partial charge in [0.25, 0.3) is 0 Å². The fourth-order valence-electron chi connectivity index (χ4n) is 1.81.